The Balaban J connectivity index is 2.28. The number of hydrogen-bond donors (Lipinski definition) is 2. The largest absolute Gasteiger partial charge is 0.477 e. The Kier molecular flexibility index (Phi) is 7.29. The second-order valence-electron chi connectivity index (χ2n) is 6.66. The van der Waals surface area contributed by atoms with Crippen LogP contribution in [0.25, 0.3) is 10.6 Å². The maximum absolute atomic E-state index is 12.2. The van der Waals surface area contributed by atoms with E-state index in [0.717, 1.165) is 34.6 Å². The second kappa shape index (κ2) is 9.47. The number of carboxylic acid groups (broad SMARTS) is 1. The lowest BCUT2D eigenvalue weighted by atomic mass is 10.0. The summed E-state index contributed by atoms with van der Waals surface area (Å²) in [7, 11) is 1.46. The van der Waals surface area contributed by atoms with Gasteiger partial charge in [0.05, 0.1) is 5.56 Å². The molecule has 2 N–H and O–H groups in total. The first kappa shape index (κ1) is 22.3. The summed E-state index contributed by atoms with van der Waals surface area (Å²) in [5.74, 6) is -1.22. The summed E-state index contributed by atoms with van der Waals surface area (Å²) < 4.78 is 1.12. The quantitative estimate of drug-likeness (QED) is 0.622. The number of benzene rings is 1. The Morgan fingerprint density at radius 1 is 1.24 bits per heavy atom. The highest BCUT2D eigenvalue weighted by molar-refractivity contribution is 6.49. The predicted molar refractivity (Wildman–Crippen MR) is 120 cm³/mol. The molecule has 0 radical (unpaired) electrons. The predicted octanol–water partition coefficient (Wildman–Crippen LogP) is 4.50. The average molecular weight is 416 g/mol. The van der Waals surface area contributed by atoms with Gasteiger partial charge in [0.25, 0.3) is 5.56 Å². The average Bonchev–Trinajstić information content (AvgIpc) is 2.98. The molecule has 0 bridgehead atoms. The third-order valence-corrected chi connectivity index (χ3v) is 4.94. The van der Waals surface area contributed by atoms with Crippen LogP contribution in [-0.4, -0.2) is 33.9 Å². The van der Waals surface area contributed by atoms with E-state index in [-0.39, 0.29) is 11.3 Å². The minimum absolute atomic E-state index is 0.0347. The van der Waals surface area contributed by atoms with Gasteiger partial charge < -0.3 is 10.0 Å². The lowest BCUT2D eigenvalue weighted by Gasteiger charge is -2.21. The van der Waals surface area contributed by atoms with Gasteiger partial charge in [-0.3, -0.25) is 14.6 Å². The van der Waals surface area contributed by atoms with Crippen LogP contribution in [0.2, 0.25) is 0 Å². The van der Waals surface area contributed by atoms with Crippen molar-refractivity contribution in [3.63, 3.8) is 0 Å². The van der Waals surface area contributed by atoms with E-state index in [0.29, 0.717) is 10.6 Å². The van der Waals surface area contributed by atoms with Gasteiger partial charge in [0.1, 0.15) is 0 Å². The molecule has 0 saturated carbocycles. The van der Waals surface area contributed by atoms with Crippen molar-refractivity contribution in [2.75, 3.05) is 18.0 Å². The number of aromatic carboxylic acids is 1. The van der Waals surface area contributed by atoms with Crippen LogP contribution in [0.4, 0.5) is 5.69 Å². The molecule has 1 heterocycles. The van der Waals surface area contributed by atoms with Gasteiger partial charge >= 0.3 is 5.97 Å². The summed E-state index contributed by atoms with van der Waals surface area (Å²) >= 11 is 6.46. The van der Waals surface area contributed by atoms with Gasteiger partial charge in [-0.1, -0.05) is 36.4 Å². The number of H-pyrrole nitrogens is 1. The smallest absolute Gasteiger partial charge is 0.354 e. The molecule has 1 aromatic carbocycles. The fourth-order valence-corrected chi connectivity index (χ4v) is 3.39. The van der Waals surface area contributed by atoms with E-state index >= 15 is 0 Å². The molecule has 0 amide bonds. The van der Waals surface area contributed by atoms with Crippen LogP contribution in [0.1, 0.15) is 42.4 Å². The fourth-order valence-electron chi connectivity index (χ4n) is 3.09. The monoisotopic (exact) mass is 415 g/mol. The topological polar surface area (TPSA) is 78.3 Å². The highest BCUT2D eigenvalue weighted by Gasteiger charge is 2.19. The normalized spacial score (nSPS) is 12.2. The number of halogens is 1. The van der Waals surface area contributed by atoms with Gasteiger partial charge in [-0.05, 0) is 55.7 Å². The summed E-state index contributed by atoms with van der Waals surface area (Å²) in [4.78, 5) is 25.9. The van der Waals surface area contributed by atoms with Crippen LogP contribution < -0.4 is 10.5 Å². The summed E-state index contributed by atoms with van der Waals surface area (Å²) in [5.41, 5.74) is 2.45. The van der Waals surface area contributed by atoms with E-state index in [2.05, 4.69) is 30.4 Å². The molecule has 0 spiro atoms. The van der Waals surface area contributed by atoms with Crippen molar-refractivity contribution >= 4 is 33.9 Å². The van der Waals surface area contributed by atoms with Crippen molar-refractivity contribution in [3.05, 3.63) is 75.7 Å². The number of nitrogens with zero attached hydrogens (tertiary/aromatic N) is 2. The zero-order valence-electron chi connectivity index (χ0n) is 17.1. The third-order valence-electron chi connectivity index (χ3n) is 4.61. The van der Waals surface area contributed by atoms with Crippen LogP contribution >= 0.6 is 11.6 Å². The molecule has 0 unspecified atom stereocenters. The number of carbonyl (C=O) groups is 1. The zero-order valence-corrected chi connectivity index (χ0v) is 17.9. The number of anilines is 1. The second-order valence-corrected chi connectivity index (χ2v) is 7.06. The van der Waals surface area contributed by atoms with Crippen LogP contribution in [0, 0.1) is 0 Å². The summed E-state index contributed by atoms with van der Waals surface area (Å²) in [6.45, 7) is 11.8. The Morgan fingerprint density at radius 2 is 1.83 bits per heavy atom. The molecule has 0 saturated heterocycles. The lowest BCUT2D eigenvalue weighted by molar-refractivity contribution is 0.0689. The first-order chi connectivity index (χ1) is 13.7. The highest BCUT2D eigenvalue weighted by atomic mass is 35.5. The van der Waals surface area contributed by atoms with Crippen molar-refractivity contribution in [2.45, 2.75) is 20.8 Å². The number of allylic oxidation sites excluding steroid dienone is 4. The number of carboxylic acids is 1. The van der Waals surface area contributed by atoms with Crippen molar-refractivity contribution in [3.8, 4) is 0 Å². The molecule has 154 valence electrons. The Bertz CT molecular complexity index is 1020. The molecule has 1 aromatic heterocycles. The SMILES string of the molecule is C=C(C=C(C)/C=C(\Cl)c1ccc(N(CC)CC)cc1)c1c(C(=O)O)[nH]n(C)c1=O. The van der Waals surface area contributed by atoms with Crippen molar-refractivity contribution < 1.29 is 9.90 Å². The molecule has 6 nitrogen and oxygen atoms in total. The molecule has 2 aromatic rings. The first-order valence-corrected chi connectivity index (χ1v) is 9.69. The third kappa shape index (κ3) is 5.09. The van der Waals surface area contributed by atoms with E-state index in [4.69, 9.17) is 11.6 Å². The van der Waals surface area contributed by atoms with Crippen molar-refractivity contribution in [1.82, 2.24) is 9.78 Å². The molecule has 0 atom stereocenters. The molecule has 2 rings (SSSR count). The summed E-state index contributed by atoms with van der Waals surface area (Å²) in [6.07, 6.45) is 3.40. The number of aryl methyl sites for hydroxylation is 1. The molecule has 0 aliphatic carbocycles. The molecule has 29 heavy (non-hydrogen) atoms. The van der Waals surface area contributed by atoms with Crippen molar-refractivity contribution in [1.29, 1.82) is 0 Å². The number of aromatic amines is 1. The van der Waals surface area contributed by atoms with Crippen LogP contribution in [0.5, 0.6) is 0 Å². The van der Waals surface area contributed by atoms with E-state index in [1.807, 2.05) is 31.2 Å². The van der Waals surface area contributed by atoms with Gasteiger partial charge in [-0.2, -0.15) is 0 Å². The van der Waals surface area contributed by atoms with Gasteiger partial charge in [0, 0.05) is 30.9 Å². The maximum Gasteiger partial charge on any atom is 0.354 e. The van der Waals surface area contributed by atoms with E-state index in [9.17, 15) is 14.7 Å². The van der Waals surface area contributed by atoms with Crippen LogP contribution in [-0.2, 0) is 7.05 Å². The van der Waals surface area contributed by atoms with Gasteiger partial charge in [-0.15, -0.1) is 0 Å². The maximum atomic E-state index is 12.2. The van der Waals surface area contributed by atoms with E-state index in [1.165, 1.54) is 7.05 Å². The summed E-state index contributed by atoms with van der Waals surface area (Å²) in [5, 5.41) is 12.4. The Labute approximate surface area is 175 Å². The number of rotatable bonds is 8. The van der Waals surface area contributed by atoms with E-state index < -0.39 is 11.5 Å². The molecular formula is C22H26ClN3O3. The number of nitrogens with one attached hydrogen (secondary N) is 1. The molecule has 0 aliphatic heterocycles. The minimum Gasteiger partial charge on any atom is -0.477 e. The zero-order chi connectivity index (χ0) is 21.7. The Hall–Kier alpha value is -2.99. The highest BCUT2D eigenvalue weighted by Crippen LogP contribution is 2.25. The van der Waals surface area contributed by atoms with Crippen molar-refractivity contribution in [2.24, 2.45) is 7.05 Å². The van der Waals surface area contributed by atoms with Crippen LogP contribution in [0.3, 0.4) is 0 Å². The number of hydrogen-bond acceptors (Lipinski definition) is 3. The van der Waals surface area contributed by atoms with E-state index in [1.54, 1.807) is 12.2 Å². The van der Waals surface area contributed by atoms with Gasteiger partial charge in [0.2, 0.25) is 0 Å². The molecule has 0 aliphatic rings. The van der Waals surface area contributed by atoms with Gasteiger partial charge in [-0.25, -0.2) is 4.79 Å². The summed E-state index contributed by atoms with van der Waals surface area (Å²) in [6, 6.07) is 7.97. The first-order valence-electron chi connectivity index (χ1n) is 9.32. The van der Waals surface area contributed by atoms with Crippen LogP contribution in [0.15, 0.2) is 53.4 Å². The molecule has 0 fully saturated rings. The lowest BCUT2D eigenvalue weighted by Crippen LogP contribution is -2.21. The van der Waals surface area contributed by atoms with Gasteiger partial charge in [0.15, 0.2) is 5.69 Å². The molecular weight excluding hydrogens is 390 g/mol. The Morgan fingerprint density at radius 3 is 2.34 bits per heavy atom. The fraction of sp³-hybridized carbons (Fsp3) is 0.273. The molecule has 7 heteroatoms. The minimum atomic E-state index is -1.22. The number of aromatic nitrogens is 2. The standard InChI is InChI=1S/C22H26ClN3O3/c1-6-26(7-2)17-10-8-16(9-11-17)18(23)13-14(3)12-15(4)19-20(22(28)29)24-25(5)21(19)27/h8-13,24H,4,6-7H2,1-3,5H3,(H,28,29)/b14-12?,18-13-.